The predicted octanol–water partition coefficient (Wildman–Crippen LogP) is 4.60. The predicted molar refractivity (Wildman–Crippen MR) is 131 cm³/mol. The molecule has 3 aromatic carbocycles. The van der Waals surface area contributed by atoms with Crippen molar-refractivity contribution >= 4 is 41.2 Å². The monoisotopic (exact) mass is 492 g/mol. The fraction of sp³-hybridized carbons (Fsp3) is 0.115. The number of barbiturate groups is 1. The molecule has 0 atom stereocenters. The summed E-state index contributed by atoms with van der Waals surface area (Å²) in [5.41, 5.74) is 1.46. The van der Waals surface area contributed by atoms with Crippen LogP contribution >= 0.6 is 11.6 Å². The quantitative estimate of drug-likeness (QED) is 0.382. The molecule has 1 N–H and O–H groups in total. The van der Waals surface area contributed by atoms with Gasteiger partial charge in [0.2, 0.25) is 0 Å². The van der Waals surface area contributed by atoms with Crippen LogP contribution in [-0.2, 0) is 16.2 Å². The van der Waals surface area contributed by atoms with E-state index < -0.39 is 17.8 Å². The van der Waals surface area contributed by atoms with Gasteiger partial charge in [-0.1, -0.05) is 54.1 Å². The van der Waals surface area contributed by atoms with Gasteiger partial charge in [0.1, 0.15) is 29.4 Å². The van der Waals surface area contributed by atoms with Gasteiger partial charge in [0, 0.05) is 12.1 Å². The molecular weight excluding hydrogens is 472 g/mol. The fourth-order valence-corrected chi connectivity index (χ4v) is 3.69. The number of rotatable bonds is 7. The first-order valence-corrected chi connectivity index (χ1v) is 10.9. The van der Waals surface area contributed by atoms with E-state index in [0.717, 1.165) is 10.5 Å². The van der Waals surface area contributed by atoms with Crippen LogP contribution in [0.2, 0.25) is 5.02 Å². The zero-order valence-electron chi connectivity index (χ0n) is 18.9. The van der Waals surface area contributed by atoms with Gasteiger partial charge in [0.25, 0.3) is 11.8 Å². The standard InChI is InChI=1S/C26H21ClN2O6/c1-33-22-14-21(23(34-2)13-20(22)27)29-25(31)19(24(30)28-26(29)32)12-16-8-10-18(11-9-16)35-15-17-6-4-3-5-7-17/h3-14H,15H2,1-2H3,(H,28,30,32)/b19-12+. The first kappa shape index (κ1) is 23.8. The highest BCUT2D eigenvalue weighted by Crippen LogP contribution is 2.39. The van der Waals surface area contributed by atoms with E-state index in [1.54, 1.807) is 24.3 Å². The van der Waals surface area contributed by atoms with Gasteiger partial charge in [-0.15, -0.1) is 0 Å². The number of carbonyl (C=O) groups excluding carboxylic acids is 3. The van der Waals surface area contributed by atoms with Crippen molar-refractivity contribution in [3.63, 3.8) is 0 Å². The number of carbonyl (C=O) groups is 3. The highest BCUT2D eigenvalue weighted by molar-refractivity contribution is 6.39. The molecule has 0 bridgehead atoms. The lowest BCUT2D eigenvalue weighted by atomic mass is 10.1. The van der Waals surface area contributed by atoms with Crippen LogP contribution in [0.5, 0.6) is 17.2 Å². The average molecular weight is 493 g/mol. The minimum absolute atomic E-state index is 0.0827. The number of methoxy groups -OCH3 is 2. The molecule has 1 aliphatic heterocycles. The Hall–Kier alpha value is -4.30. The number of benzene rings is 3. The van der Waals surface area contributed by atoms with Gasteiger partial charge < -0.3 is 14.2 Å². The third kappa shape index (κ3) is 5.12. The molecule has 4 rings (SSSR count). The molecule has 35 heavy (non-hydrogen) atoms. The number of hydrogen-bond acceptors (Lipinski definition) is 6. The van der Waals surface area contributed by atoms with E-state index in [9.17, 15) is 14.4 Å². The highest BCUT2D eigenvalue weighted by Gasteiger charge is 2.38. The van der Waals surface area contributed by atoms with E-state index >= 15 is 0 Å². The van der Waals surface area contributed by atoms with Gasteiger partial charge in [0.15, 0.2) is 0 Å². The average Bonchev–Trinajstić information content (AvgIpc) is 2.87. The molecule has 1 saturated heterocycles. The number of nitrogens with zero attached hydrogens (tertiary/aromatic N) is 1. The third-order valence-electron chi connectivity index (χ3n) is 5.24. The maximum atomic E-state index is 13.3. The van der Waals surface area contributed by atoms with Crippen LogP contribution in [-0.4, -0.2) is 32.1 Å². The minimum Gasteiger partial charge on any atom is -0.495 e. The summed E-state index contributed by atoms with van der Waals surface area (Å²) >= 11 is 6.14. The van der Waals surface area contributed by atoms with Gasteiger partial charge in [0.05, 0.1) is 24.9 Å². The Morgan fingerprint density at radius 2 is 1.60 bits per heavy atom. The molecule has 4 amide bonds. The second-order valence-electron chi connectivity index (χ2n) is 7.46. The lowest BCUT2D eigenvalue weighted by molar-refractivity contribution is -0.122. The van der Waals surface area contributed by atoms with E-state index in [1.807, 2.05) is 30.3 Å². The van der Waals surface area contributed by atoms with Crippen LogP contribution in [0, 0.1) is 0 Å². The number of imide groups is 2. The number of hydrogen-bond donors (Lipinski definition) is 1. The summed E-state index contributed by atoms with van der Waals surface area (Å²) in [6.07, 6.45) is 1.40. The Labute approximate surface area is 206 Å². The maximum absolute atomic E-state index is 13.3. The molecule has 8 nitrogen and oxygen atoms in total. The number of ether oxygens (including phenoxy) is 3. The summed E-state index contributed by atoms with van der Waals surface area (Å²) in [5.74, 6) is -0.596. The molecule has 0 aromatic heterocycles. The Bertz CT molecular complexity index is 1310. The maximum Gasteiger partial charge on any atom is 0.336 e. The molecule has 0 saturated carbocycles. The largest absolute Gasteiger partial charge is 0.495 e. The Morgan fingerprint density at radius 1 is 0.914 bits per heavy atom. The van der Waals surface area contributed by atoms with Crippen LogP contribution in [0.25, 0.3) is 6.08 Å². The topological polar surface area (TPSA) is 94.2 Å². The Kier molecular flexibility index (Phi) is 7.03. The number of halogens is 1. The molecule has 0 radical (unpaired) electrons. The summed E-state index contributed by atoms with van der Waals surface area (Å²) in [5, 5.41) is 2.42. The lowest BCUT2D eigenvalue weighted by Crippen LogP contribution is -2.54. The molecule has 178 valence electrons. The molecule has 1 fully saturated rings. The molecule has 0 aliphatic carbocycles. The molecule has 1 heterocycles. The Morgan fingerprint density at radius 3 is 2.26 bits per heavy atom. The lowest BCUT2D eigenvalue weighted by Gasteiger charge is -2.28. The zero-order valence-corrected chi connectivity index (χ0v) is 19.7. The van der Waals surface area contributed by atoms with Crippen molar-refractivity contribution in [3.8, 4) is 17.2 Å². The third-order valence-corrected chi connectivity index (χ3v) is 5.53. The number of nitrogens with one attached hydrogen (secondary N) is 1. The molecular formula is C26H21ClN2O6. The van der Waals surface area contributed by atoms with Crippen LogP contribution < -0.4 is 24.4 Å². The van der Waals surface area contributed by atoms with Crippen molar-refractivity contribution in [3.05, 3.63) is 88.5 Å². The van der Waals surface area contributed by atoms with Crippen molar-refractivity contribution in [1.29, 1.82) is 0 Å². The second kappa shape index (κ2) is 10.3. The van der Waals surface area contributed by atoms with Crippen LogP contribution in [0.3, 0.4) is 0 Å². The molecule has 1 aliphatic rings. The first-order valence-electron chi connectivity index (χ1n) is 10.5. The van der Waals surface area contributed by atoms with Crippen LogP contribution in [0.4, 0.5) is 10.5 Å². The van der Waals surface area contributed by atoms with Crippen LogP contribution in [0.15, 0.2) is 72.3 Å². The van der Waals surface area contributed by atoms with E-state index in [-0.39, 0.29) is 27.8 Å². The molecule has 0 spiro atoms. The van der Waals surface area contributed by atoms with E-state index in [2.05, 4.69) is 5.32 Å². The summed E-state index contributed by atoms with van der Waals surface area (Å²) < 4.78 is 16.3. The molecule has 0 unspecified atom stereocenters. The molecule has 3 aromatic rings. The highest BCUT2D eigenvalue weighted by atomic mass is 35.5. The smallest absolute Gasteiger partial charge is 0.336 e. The van der Waals surface area contributed by atoms with Crippen molar-refractivity contribution in [2.75, 3.05) is 19.1 Å². The fourth-order valence-electron chi connectivity index (χ4n) is 3.46. The zero-order chi connectivity index (χ0) is 24.9. The Balaban J connectivity index is 1.59. The van der Waals surface area contributed by atoms with E-state index in [1.165, 1.54) is 32.4 Å². The SMILES string of the molecule is COc1cc(N2C(=O)NC(=O)/C(=C\c3ccc(OCc4ccccc4)cc3)C2=O)c(OC)cc1Cl. The van der Waals surface area contributed by atoms with Gasteiger partial charge in [-0.05, 0) is 29.3 Å². The molecule has 9 heteroatoms. The number of anilines is 1. The number of amides is 4. The second-order valence-corrected chi connectivity index (χ2v) is 7.87. The van der Waals surface area contributed by atoms with Crippen molar-refractivity contribution in [2.24, 2.45) is 0 Å². The number of urea groups is 1. The van der Waals surface area contributed by atoms with Crippen molar-refractivity contribution in [2.45, 2.75) is 6.61 Å². The van der Waals surface area contributed by atoms with Crippen molar-refractivity contribution in [1.82, 2.24) is 5.32 Å². The summed E-state index contributed by atoms with van der Waals surface area (Å²) in [7, 11) is 2.77. The van der Waals surface area contributed by atoms with Gasteiger partial charge in [-0.2, -0.15) is 0 Å². The normalized spacial score (nSPS) is 14.7. The minimum atomic E-state index is -0.913. The van der Waals surface area contributed by atoms with E-state index in [4.69, 9.17) is 25.8 Å². The van der Waals surface area contributed by atoms with Gasteiger partial charge >= 0.3 is 6.03 Å². The van der Waals surface area contributed by atoms with Crippen molar-refractivity contribution < 1.29 is 28.6 Å². The first-order chi connectivity index (χ1) is 16.9. The van der Waals surface area contributed by atoms with Gasteiger partial charge in [-0.3, -0.25) is 14.9 Å². The summed E-state index contributed by atoms with van der Waals surface area (Å²) in [6, 6.07) is 18.5. The van der Waals surface area contributed by atoms with Gasteiger partial charge in [-0.25, -0.2) is 9.69 Å². The van der Waals surface area contributed by atoms with Crippen LogP contribution in [0.1, 0.15) is 11.1 Å². The summed E-state index contributed by atoms with van der Waals surface area (Å²) in [4.78, 5) is 39.2. The van der Waals surface area contributed by atoms with E-state index in [0.29, 0.717) is 17.9 Å². The summed E-state index contributed by atoms with van der Waals surface area (Å²) in [6.45, 7) is 0.408.